The van der Waals surface area contributed by atoms with E-state index in [0.29, 0.717) is 11.3 Å². The number of carbonyl (C=O) groups is 2. The molecule has 1 saturated heterocycles. The average Bonchev–Trinajstić information content (AvgIpc) is 2.58. The van der Waals surface area contributed by atoms with Crippen molar-refractivity contribution in [3.05, 3.63) is 29.8 Å². The molecule has 1 N–H and O–H groups in total. The van der Waals surface area contributed by atoms with Gasteiger partial charge in [0.15, 0.2) is 0 Å². The number of benzene rings is 1. The number of methoxy groups -OCH3 is 1. The predicted molar refractivity (Wildman–Crippen MR) is 98.8 cm³/mol. The van der Waals surface area contributed by atoms with E-state index >= 15 is 0 Å². The third kappa shape index (κ3) is 5.21. The highest BCUT2D eigenvalue weighted by atomic mass is 16.5. The zero-order chi connectivity index (χ0) is 18.2. The lowest BCUT2D eigenvalue weighted by Gasteiger charge is -2.31. The third-order valence-corrected chi connectivity index (χ3v) is 4.74. The molecule has 25 heavy (non-hydrogen) atoms. The zero-order valence-electron chi connectivity index (χ0n) is 15.6. The summed E-state index contributed by atoms with van der Waals surface area (Å²) in [5.41, 5.74) is 0.455. The number of carbonyl (C=O) groups excluding carboxylic acids is 2. The van der Waals surface area contributed by atoms with E-state index in [9.17, 15) is 9.59 Å². The van der Waals surface area contributed by atoms with Gasteiger partial charge >= 0.3 is 0 Å². The van der Waals surface area contributed by atoms with Crippen molar-refractivity contribution in [2.24, 2.45) is 5.92 Å². The normalized spacial score (nSPS) is 16.7. The second-order valence-electron chi connectivity index (χ2n) is 6.99. The van der Waals surface area contributed by atoms with Gasteiger partial charge in [-0.15, -0.1) is 0 Å². The number of hydrogen-bond acceptors (Lipinski definition) is 3. The Morgan fingerprint density at radius 3 is 2.24 bits per heavy atom. The summed E-state index contributed by atoms with van der Waals surface area (Å²) >= 11 is 0. The topological polar surface area (TPSA) is 58.6 Å². The SMILES string of the molecule is COc1ccccc1C(=O)NC(C(=O)N1CCCCCCC1)C(C)C. The maximum absolute atomic E-state index is 13.0. The molecule has 1 aromatic carbocycles. The molecule has 0 aliphatic carbocycles. The van der Waals surface area contributed by atoms with Gasteiger partial charge in [-0.3, -0.25) is 9.59 Å². The summed E-state index contributed by atoms with van der Waals surface area (Å²) < 4.78 is 5.26. The van der Waals surface area contributed by atoms with Crippen LogP contribution in [0.25, 0.3) is 0 Å². The Hall–Kier alpha value is -2.04. The van der Waals surface area contributed by atoms with Crippen LogP contribution in [0.3, 0.4) is 0 Å². The first-order valence-corrected chi connectivity index (χ1v) is 9.27. The Morgan fingerprint density at radius 2 is 1.64 bits per heavy atom. The molecule has 1 aromatic rings. The molecule has 2 rings (SSSR count). The first kappa shape index (κ1) is 19.3. The van der Waals surface area contributed by atoms with Gasteiger partial charge in [0.2, 0.25) is 5.91 Å². The lowest BCUT2D eigenvalue weighted by molar-refractivity contribution is -0.134. The lowest BCUT2D eigenvalue weighted by atomic mass is 10.0. The Balaban J connectivity index is 2.11. The zero-order valence-corrected chi connectivity index (χ0v) is 15.6. The van der Waals surface area contributed by atoms with Crippen LogP contribution < -0.4 is 10.1 Å². The van der Waals surface area contributed by atoms with Crippen molar-refractivity contribution >= 4 is 11.8 Å². The summed E-state index contributed by atoms with van der Waals surface area (Å²) in [6.45, 7) is 5.50. The first-order valence-electron chi connectivity index (χ1n) is 9.27. The van der Waals surface area contributed by atoms with Gasteiger partial charge < -0.3 is 15.0 Å². The van der Waals surface area contributed by atoms with E-state index in [1.165, 1.54) is 26.4 Å². The number of nitrogens with zero attached hydrogens (tertiary/aromatic N) is 1. The summed E-state index contributed by atoms with van der Waals surface area (Å²) in [6.07, 6.45) is 5.67. The van der Waals surface area contributed by atoms with Crippen molar-refractivity contribution in [1.82, 2.24) is 10.2 Å². The second-order valence-corrected chi connectivity index (χ2v) is 6.99. The largest absolute Gasteiger partial charge is 0.496 e. The molecule has 0 aromatic heterocycles. The van der Waals surface area contributed by atoms with Gasteiger partial charge in [0.25, 0.3) is 5.91 Å². The number of hydrogen-bond donors (Lipinski definition) is 1. The van der Waals surface area contributed by atoms with E-state index in [4.69, 9.17) is 4.74 Å². The minimum Gasteiger partial charge on any atom is -0.496 e. The molecule has 1 atom stereocenters. The van der Waals surface area contributed by atoms with E-state index in [1.807, 2.05) is 24.8 Å². The van der Waals surface area contributed by atoms with Crippen LogP contribution in [0, 0.1) is 5.92 Å². The summed E-state index contributed by atoms with van der Waals surface area (Å²) in [5, 5.41) is 2.93. The van der Waals surface area contributed by atoms with Crippen LogP contribution in [0.15, 0.2) is 24.3 Å². The van der Waals surface area contributed by atoms with Crippen molar-refractivity contribution in [2.75, 3.05) is 20.2 Å². The fraction of sp³-hybridized carbons (Fsp3) is 0.600. The Morgan fingerprint density at radius 1 is 1.04 bits per heavy atom. The number of ether oxygens (including phenoxy) is 1. The average molecular weight is 346 g/mol. The lowest BCUT2D eigenvalue weighted by Crippen LogP contribution is -2.51. The van der Waals surface area contributed by atoms with Crippen molar-refractivity contribution in [1.29, 1.82) is 0 Å². The number of para-hydroxylation sites is 1. The van der Waals surface area contributed by atoms with Gasteiger partial charge in [-0.2, -0.15) is 0 Å². The molecule has 0 radical (unpaired) electrons. The molecule has 1 fully saturated rings. The summed E-state index contributed by atoms with van der Waals surface area (Å²) in [5.74, 6) is 0.300. The van der Waals surface area contributed by atoms with Gasteiger partial charge in [0, 0.05) is 13.1 Å². The molecule has 0 bridgehead atoms. The van der Waals surface area contributed by atoms with Crippen LogP contribution in [0.4, 0.5) is 0 Å². The minimum absolute atomic E-state index is 0.0246. The number of rotatable bonds is 5. The minimum atomic E-state index is -0.517. The van der Waals surface area contributed by atoms with Crippen LogP contribution in [0.5, 0.6) is 5.75 Å². The molecule has 1 unspecified atom stereocenters. The van der Waals surface area contributed by atoms with Crippen molar-refractivity contribution in [3.8, 4) is 5.75 Å². The first-order chi connectivity index (χ1) is 12.0. The molecule has 5 heteroatoms. The summed E-state index contributed by atoms with van der Waals surface area (Å²) in [7, 11) is 1.54. The quantitative estimate of drug-likeness (QED) is 0.890. The van der Waals surface area contributed by atoms with Crippen LogP contribution in [0.1, 0.15) is 56.3 Å². The van der Waals surface area contributed by atoms with Crippen molar-refractivity contribution in [3.63, 3.8) is 0 Å². The number of amides is 2. The molecule has 1 heterocycles. The van der Waals surface area contributed by atoms with Crippen LogP contribution >= 0.6 is 0 Å². The maximum atomic E-state index is 13.0. The monoisotopic (exact) mass is 346 g/mol. The van der Waals surface area contributed by atoms with Crippen LogP contribution in [0.2, 0.25) is 0 Å². The molecule has 5 nitrogen and oxygen atoms in total. The Kier molecular flexibility index (Phi) is 7.29. The van der Waals surface area contributed by atoms with Gasteiger partial charge in [-0.1, -0.05) is 45.2 Å². The highest BCUT2D eigenvalue weighted by Crippen LogP contribution is 2.19. The molecule has 138 valence electrons. The molecule has 0 spiro atoms. The smallest absolute Gasteiger partial charge is 0.255 e. The number of nitrogens with one attached hydrogen (secondary N) is 1. The summed E-state index contributed by atoms with van der Waals surface area (Å²) in [6, 6.07) is 6.56. The van der Waals surface area contributed by atoms with Gasteiger partial charge in [0.1, 0.15) is 11.8 Å². The van der Waals surface area contributed by atoms with Gasteiger partial charge in [-0.05, 0) is 30.9 Å². The molecular formula is C20H30N2O3. The van der Waals surface area contributed by atoms with Crippen molar-refractivity contribution < 1.29 is 14.3 Å². The molecule has 1 aliphatic heterocycles. The number of likely N-dealkylation sites (tertiary alicyclic amines) is 1. The standard InChI is InChI=1S/C20H30N2O3/c1-15(2)18(20(24)22-13-9-5-4-6-10-14-22)21-19(23)16-11-7-8-12-17(16)25-3/h7-8,11-12,15,18H,4-6,9-10,13-14H2,1-3H3,(H,21,23). The van der Waals surface area contributed by atoms with E-state index in [-0.39, 0.29) is 17.7 Å². The van der Waals surface area contributed by atoms with Crippen LogP contribution in [-0.2, 0) is 4.79 Å². The molecule has 1 aliphatic rings. The fourth-order valence-corrected chi connectivity index (χ4v) is 3.23. The highest BCUT2D eigenvalue weighted by Gasteiger charge is 2.29. The van der Waals surface area contributed by atoms with E-state index < -0.39 is 6.04 Å². The molecular weight excluding hydrogens is 316 g/mol. The van der Waals surface area contributed by atoms with E-state index in [2.05, 4.69) is 5.32 Å². The van der Waals surface area contributed by atoms with Crippen molar-refractivity contribution in [2.45, 2.75) is 52.0 Å². The Bertz CT molecular complexity index is 578. The van der Waals surface area contributed by atoms with E-state index in [0.717, 1.165) is 25.9 Å². The second kappa shape index (κ2) is 9.44. The van der Waals surface area contributed by atoms with Gasteiger partial charge in [0.05, 0.1) is 12.7 Å². The van der Waals surface area contributed by atoms with Gasteiger partial charge in [-0.25, -0.2) is 0 Å². The Labute approximate surface area is 150 Å². The van der Waals surface area contributed by atoms with E-state index in [1.54, 1.807) is 18.2 Å². The maximum Gasteiger partial charge on any atom is 0.255 e. The third-order valence-electron chi connectivity index (χ3n) is 4.74. The van der Waals surface area contributed by atoms with Crippen LogP contribution in [-0.4, -0.2) is 43.0 Å². The molecule has 2 amide bonds. The summed E-state index contributed by atoms with van der Waals surface area (Å²) in [4.78, 5) is 27.6. The molecule has 0 saturated carbocycles. The predicted octanol–water partition coefficient (Wildman–Crippen LogP) is 3.24. The fourth-order valence-electron chi connectivity index (χ4n) is 3.23. The highest BCUT2D eigenvalue weighted by molar-refractivity contribution is 5.99.